The molecule has 130 valence electrons. The van der Waals surface area contributed by atoms with E-state index in [-0.39, 0.29) is 16.8 Å². The summed E-state index contributed by atoms with van der Waals surface area (Å²) in [6, 6.07) is 6.86. The molecule has 7 nitrogen and oxygen atoms in total. The molecule has 3 rings (SSSR count). The monoisotopic (exact) mass is 345 g/mol. The van der Waals surface area contributed by atoms with E-state index < -0.39 is 17.7 Å². The number of hydrogen-bond donors (Lipinski definition) is 2. The van der Waals surface area contributed by atoms with Gasteiger partial charge in [0.1, 0.15) is 17.2 Å². The SMILES string of the molecule is O=C(Nc1cnc(N2CCOCC2)c(C(=O)O)c1)c1ccccc1F. The number of nitrogens with one attached hydrogen (secondary N) is 1. The zero-order valence-corrected chi connectivity index (χ0v) is 13.2. The number of aromatic carboxylic acids is 1. The molecule has 1 saturated heterocycles. The number of carbonyl (C=O) groups excluding carboxylic acids is 1. The van der Waals surface area contributed by atoms with Crippen molar-refractivity contribution in [3.8, 4) is 0 Å². The lowest BCUT2D eigenvalue weighted by Gasteiger charge is -2.28. The quantitative estimate of drug-likeness (QED) is 0.881. The molecule has 2 aromatic rings. The van der Waals surface area contributed by atoms with Gasteiger partial charge in [-0.05, 0) is 18.2 Å². The number of halogens is 1. The van der Waals surface area contributed by atoms with Gasteiger partial charge in [0.2, 0.25) is 0 Å². The van der Waals surface area contributed by atoms with Crippen LogP contribution >= 0.6 is 0 Å². The normalized spacial score (nSPS) is 14.2. The first-order valence-electron chi connectivity index (χ1n) is 7.68. The Morgan fingerprint density at radius 3 is 2.60 bits per heavy atom. The van der Waals surface area contributed by atoms with Crippen LogP contribution < -0.4 is 10.2 Å². The summed E-state index contributed by atoms with van der Waals surface area (Å²) in [6.07, 6.45) is 1.36. The van der Waals surface area contributed by atoms with Crippen LogP contribution in [0.3, 0.4) is 0 Å². The number of pyridine rings is 1. The molecule has 0 aliphatic carbocycles. The van der Waals surface area contributed by atoms with E-state index in [9.17, 15) is 19.1 Å². The molecule has 8 heteroatoms. The fourth-order valence-electron chi connectivity index (χ4n) is 2.55. The molecule has 0 saturated carbocycles. The summed E-state index contributed by atoms with van der Waals surface area (Å²) in [6.45, 7) is 2.06. The third kappa shape index (κ3) is 3.74. The second-order valence-corrected chi connectivity index (χ2v) is 5.43. The molecule has 0 spiro atoms. The number of morpholine rings is 1. The molecule has 1 aliphatic heterocycles. The fraction of sp³-hybridized carbons (Fsp3) is 0.235. The Morgan fingerprint density at radius 2 is 1.92 bits per heavy atom. The predicted octanol–water partition coefficient (Wildman–Crippen LogP) is 2.01. The third-order valence-electron chi connectivity index (χ3n) is 3.78. The number of carbonyl (C=O) groups is 2. The molecule has 1 aromatic carbocycles. The molecule has 0 radical (unpaired) electrons. The molecule has 0 unspecified atom stereocenters. The summed E-state index contributed by atoms with van der Waals surface area (Å²) in [5.41, 5.74) is 0.0209. The first kappa shape index (κ1) is 16.8. The van der Waals surface area contributed by atoms with Gasteiger partial charge in [0.15, 0.2) is 0 Å². The molecule has 0 bridgehead atoms. The maximum Gasteiger partial charge on any atom is 0.339 e. The standard InChI is InChI=1S/C17H16FN3O4/c18-14-4-2-1-3-12(14)16(22)20-11-9-13(17(23)24)15(19-10-11)21-5-7-25-8-6-21/h1-4,9-10H,5-8H2,(H,20,22)(H,23,24). The Bertz CT molecular complexity index is 806. The highest BCUT2D eigenvalue weighted by Crippen LogP contribution is 2.23. The van der Waals surface area contributed by atoms with Gasteiger partial charge >= 0.3 is 5.97 Å². The van der Waals surface area contributed by atoms with Crippen molar-refractivity contribution >= 4 is 23.4 Å². The molecule has 2 N–H and O–H groups in total. The summed E-state index contributed by atoms with van der Waals surface area (Å²) >= 11 is 0. The Hall–Kier alpha value is -3.00. The molecule has 1 fully saturated rings. The van der Waals surface area contributed by atoms with Crippen molar-refractivity contribution in [2.45, 2.75) is 0 Å². The highest BCUT2D eigenvalue weighted by molar-refractivity contribution is 6.05. The molecule has 1 amide bonds. The van der Waals surface area contributed by atoms with Crippen molar-refractivity contribution in [2.24, 2.45) is 0 Å². The third-order valence-corrected chi connectivity index (χ3v) is 3.78. The molecule has 1 aromatic heterocycles. The van der Waals surface area contributed by atoms with Gasteiger partial charge in [0.05, 0.1) is 30.7 Å². The number of carboxylic acids is 1. The van der Waals surface area contributed by atoms with Crippen molar-refractivity contribution < 1.29 is 23.8 Å². The summed E-state index contributed by atoms with van der Waals surface area (Å²) in [5, 5.41) is 11.9. The molecular formula is C17H16FN3O4. The Morgan fingerprint density at radius 1 is 1.20 bits per heavy atom. The van der Waals surface area contributed by atoms with Crippen LogP contribution in [0.25, 0.3) is 0 Å². The Labute approximate surface area is 143 Å². The summed E-state index contributed by atoms with van der Waals surface area (Å²) in [5.74, 6) is -2.16. The van der Waals surface area contributed by atoms with Crippen LogP contribution in [0.5, 0.6) is 0 Å². The number of aromatic nitrogens is 1. The largest absolute Gasteiger partial charge is 0.478 e. The van der Waals surface area contributed by atoms with E-state index in [1.54, 1.807) is 6.07 Å². The van der Waals surface area contributed by atoms with Crippen LogP contribution in [-0.4, -0.2) is 48.3 Å². The van der Waals surface area contributed by atoms with Crippen LogP contribution in [-0.2, 0) is 4.74 Å². The highest BCUT2D eigenvalue weighted by atomic mass is 19.1. The number of anilines is 2. The Balaban J connectivity index is 1.85. The van der Waals surface area contributed by atoms with Crippen molar-refractivity contribution in [1.82, 2.24) is 4.98 Å². The van der Waals surface area contributed by atoms with Gasteiger partial charge in [-0.2, -0.15) is 0 Å². The zero-order valence-electron chi connectivity index (χ0n) is 13.2. The van der Waals surface area contributed by atoms with E-state index in [0.29, 0.717) is 32.1 Å². The minimum absolute atomic E-state index is 0.0340. The maximum absolute atomic E-state index is 13.7. The molecule has 25 heavy (non-hydrogen) atoms. The van der Waals surface area contributed by atoms with E-state index in [1.807, 2.05) is 4.90 Å². The minimum Gasteiger partial charge on any atom is -0.478 e. The lowest BCUT2D eigenvalue weighted by molar-refractivity contribution is 0.0695. The number of benzene rings is 1. The van der Waals surface area contributed by atoms with E-state index in [1.165, 1.54) is 30.5 Å². The van der Waals surface area contributed by atoms with Crippen molar-refractivity contribution in [2.75, 3.05) is 36.5 Å². The van der Waals surface area contributed by atoms with Gasteiger partial charge in [-0.1, -0.05) is 12.1 Å². The first-order chi connectivity index (χ1) is 12.1. The van der Waals surface area contributed by atoms with E-state index in [0.717, 1.165) is 0 Å². The van der Waals surface area contributed by atoms with Gasteiger partial charge in [0.25, 0.3) is 5.91 Å². The average molecular weight is 345 g/mol. The topological polar surface area (TPSA) is 91.8 Å². The molecule has 0 atom stereocenters. The summed E-state index contributed by atoms with van der Waals surface area (Å²) in [7, 11) is 0. The van der Waals surface area contributed by atoms with Crippen LogP contribution in [0, 0.1) is 5.82 Å². The molecule has 2 heterocycles. The second kappa shape index (κ2) is 7.27. The van der Waals surface area contributed by atoms with Crippen molar-refractivity contribution in [3.63, 3.8) is 0 Å². The molecular weight excluding hydrogens is 329 g/mol. The summed E-state index contributed by atoms with van der Waals surface area (Å²) in [4.78, 5) is 29.7. The van der Waals surface area contributed by atoms with E-state index >= 15 is 0 Å². The van der Waals surface area contributed by atoms with Gasteiger partial charge in [-0.15, -0.1) is 0 Å². The van der Waals surface area contributed by atoms with Crippen LogP contribution in [0.4, 0.5) is 15.9 Å². The maximum atomic E-state index is 13.7. The lowest BCUT2D eigenvalue weighted by Crippen LogP contribution is -2.37. The number of amides is 1. The number of nitrogens with zero attached hydrogens (tertiary/aromatic N) is 2. The zero-order chi connectivity index (χ0) is 17.8. The lowest BCUT2D eigenvalue weighted by atomic mass is 10.2. The van der Waals surface area contributed by atoms with Crippen molar-refractivity contribution in [1.29, 1.82) is 0 Å². The van der Waals surface area contributed by atoms with Gasteiger partial charge in [-0.3, -0.25) is 4.79 Å². The second-order valence-electron chi connectivity index (χ2n) is 5.43. The van der Waals surface area contributed by atoms with Crippen LogP contribution in [0.1, 0.15) is 20.7 Å². The van der Waals surface area contributed by atoms with Crippen LogP contribution in [0.15, 0.2) is 36.5 Å². The molecule has 1 aliphatic rings. The highest BCUT2D eigenvalue weighted by Gasteiger charge is 2.21. The fourth-order valence-corrected chi connectivity index (χ4v) is 2.55. The predicted molar refractivity (Wildman–Crippen MR) is 88.6 cm³/mol. The van der Waals surface area contributed by atoms with Gasteiger partial charge in [-0.25, -0.2) is 14.2 Å². The van der Waals surface area contributed by atoms with E-state index in [2.05, 4.69) is 10.3 Å². The average Bonchev–Trinajstić information content (AvgIpc) is 2.62. The number of rotatable bonds is 4. The van der Waals surface area contributed by atoms with Gasteiger partial charge < -0.3 is 20.1 Å². The smallest absolute Gasteiger partial charge is 0.339 e. The van der Waals surface area contributed by atoms with E-state index in [4.69, 9.17) is 4.74 Å². The first-order valence-corrected chi connectivity index (χ1v) is 7.68. The summed E-state index contributed by atoms with van der Waals surface area (Å²) < 4.78 is 18.9. The van der Waals surface area contributed by atoms with Crippen LogP contribution in [0.2, 0.25) is 0 Å². The minimum atomic E-state index is -1.16. The number of ether oxygens (including phenoxy) is 1. The number of carboxylic acid groups (broad SMARTS) is 1. The Kier molecular flexibility index (Phi) is 4.90. The number of hydrogen-bond acceptors (Lipinski definition) is 5. The van der Waals surface area contributed by atoms with Gasteiger partial charge in [0, 0.05) is 13.1 Å². The van der Waals surface area contributed by atoms with Crippen molar-refractivity contribution in [3.05, 3.63) is 53.5 Å².